The molecular formula is C8H9N5O4. The second-order valence-corrected chi connectivity index (χ2v) is 3.05. The summed E-state index contributed by atoms with van der Waals surface area (Å²) in [5.74, 6) is -2.75. The van der Waals surface area contributed by atoms with E-state index in [4.69, 9.17) is 15.7 Å². The fourth-order valence-corrected chi connectivity index (χ4v) is 1.29. The second-order valence-electron chi connectivity index (χ2n) is 3.05. The molecule has 0 aliphatic carbocycles. The van der Waals surface area contributed by atoms with E-state index in [1.165, 1.54) is 4.57 Å². The molecule has 17 heavy (non-hydrogen) atoms. The third kappa shape index (κ3) is 2.95. The van der Waals surface area contributed by atoms with E-state index in [0.717, 1.165) is 6.33 Å². The number of hydrogen-bond donors (Lipinski definition) is 2. The highest BCUT2D eigenvalue weighted by atomic mass is 16.4. The number of azide groups is 1. The average molecular weight is 239 g/mol. The predicted octanol–water partition coefficient (Wildman–Crippen LogP) is 0.980. The van der Waals surface area contributed by atoms with E-state index >= 15 is 0 Å². The largest absolute Gasteiger partial charge is 0.476 e. The minimum atomic E-state index is -1.39. The molecule has 0 radical (unpaired) electrons. The molecule has 0 spiro atoms. The summed E-state index contributed by atoms with van der Waals surface area (Å²) in [5, 5.41) is 20.9. The first-order valence-electron chi connectivity index (χ1n) is 4.60. The van der Waals surface area contributed by atoms with Crippen LogP contribution in [0.4, 0.5) is 0 Å². The van der Waals surface area contributed by atoms with Gasteiger partial charge >= 0.3 is 11.9 Å². The fraction of sp³-hybridized carbons (Fsp3) is 0.375. The Morgan fingerprint density at radius 3 is 2.71 bits per heavy atom. The Balaban J connectivity index is 2.88. The number of nitrogens with zero attached hydrogens (tertiary/aromatic N) is 5. The molecule has 0 atom stereocenters. The maximum Gasteiger partial charge on any atom is 0.357 e. The standard InChI is InChI=1S/C8H9N5O4/c9-12-11-2-1-3-13-4-10-5(7(14)15)6(13)8(16)17/h4H,1-3H2,(H,14,15)(H,16,17). The summed E-state index contributed by atoms with van der Waals surface area (Å²) in [6.07, 6.45) is 1.54. The lowest BCUT2D eigenvalue weighted by atomic mass is 10.3. The Labute approximate surface area is 94.9 Å². The molecule has 1 rings (SSSR count). The highest BCUT2D eigenvalue weighted by molar-refractivity contribution is 5.99. The molecule has 0 saturated heterocycles. The number of carboxylic acids is 2. The van der Waals surface area contributed by atoms with Crippen molar-refractivity contribution in [3.8, 4) is 0 Å². The van der Waals surface area contributed by atoms with Gasteiger partial charge in [-0.15, -0.1) is 0 Å². The van der Waals surface area contributed by atoms with Crippen molar-refractivity contribution in [3.05, 3.63) is 28.2 Å². The Hall–Kier alpha value is -2.54. The van der Waals surface area contributed by atoms with Crippen molar-refractivity contribution in [2.24, 2.45) is 5.11 Å². The van der Waals surface area contributed by atoms with Crippen molar-refractivity contribution in [3.63, 3.8) is 0 Å². The van der Waals surface area contributed by atoms with Crippen molar-refractivity contribution in [1.29, 1.82) is 0 Å². The first kappa shape index (κ1) is 12.5. The SMILES string of the molecule is [N-]=[N+]=NCCCn1cnc(C(=O)O)c1C(=O)O. The van der Waals surface area contributed by atoms with Gasteiger partial charge in [0.05, 0.1) is 6.33 Å². The number of hydrogen-bond acceptors (Lipinski definition) is 4. The summed E-state index contributed by atoms with van der Waals surface area (Å²) in [6.45, 7) is 0.428. The topological polar surface area (TPSA) is 141 Å². The summed E-state index contributed by atoms with van der Waals surface area (Å²) in [4.78, 5) is 27.7. The third-order valence-corrected chi connectivity index (χ3v) is 1.96. The Kier molecular flexibility index (Phi) is 4.07. The summed E-state index contributed by atoms with van der Waals surface area (Å²) in [6, 6.07) is 0. The van der Waals surface area contributed by atoms with E-state index < -0.39 is 17.6 Å². The molecule has 90 valence electrons. The highest BCUT2D eigenvalue weighted by Gasteiger charge is 2.22. The lowest BCUT2D eigenvalue weighted by Crippen LogP contribution is -2.13. The van der Waals surface area contributed by atoms with Crippen LogP contribution in [0.3, 0.4) is 0 Å². The van der Waals surface area contributed by atoms with Gasteiger partial charge in [-0.1, -0.05) is 5.11 Å². The lowest BCUT2D eigenvalue weighted by Gasteiger charge is -2.03. The van der Waals surface area contributed by atoms with Crippen LogP contribution in [0, 0.1) is 0 Å². The van der Waals surface area contributed by atoms with Gasteiger partial charge in [0.25, 0.3) is 0 Å². The van der Waals surface area contributed by atoms with Gasteiger partial charge in [0.15, 0.2) is 11.4 Å². The molecule has 0 aliphatic heterocycles. The van der Waals surface area contributed by atoms with Crippen LogP contribution in [-0.4, -0.2) is 38.2 Å². The first-order valence-corrected chi connectivity index (χ1v) is 4.60. The highest BCUT2D eigenvalue weighted by Crippen LogP contribution is 2.08. The monoisotopic (exact) mass is 239 g/mol. The Morgan fingerprint density at radius 2 is 2.18 bits per heavy atom. The zero-order valence-corrected chi connectivity index (χ0v) is 8.65. The van der Waals surface area contributed by atoms with Gasteiger partial charge in [-0.25, -0.2) is 14.6 Å². The molecule has 1 aromatic rings. The molecule has 2 N–H and O–H groups in total. The number of imidazole rings is 1. The van der Waals surface area contributed by atoms with Crippen LogP contribution >= 0.6 is 0 Å². The molecule has 0 bridgehead atoms. The zero-order valence-electron chi connectivity index (χ0n) is 8.65. The van der Waals surface area contributed by atoms with E-state index in [-0.39, 0.29) is 18.8 Å². The average Bonchev–Trinajstić information content (AvgIpc) is 2.68. The van der Waals surface area contributed by atoms with Gasteiger partial charge in [-0.2, -0.15) is 0 Å². The van der Waals surface area contributed by atoms with Gasteiger partial charge < -0.3 is 14.8 Å². The van der Waals surface area contributed by atoms with Crippen LogP contribution in [-0.2, 0) is 6.54 Å². The number of carboxylic acid groups (broad SMARTS) is 2. The quantitative estimate of drug-likeness (QED) is 0.329. The normalized spacial score (nSPS) is 9.65. The van der Waals surface area contributed by atoms with E-state index in [2.05, 4.69) is 15.0 Å². The third-order valence-electron chi connectivity index (χ3n) is 1.96. The van der Waals surface area contributed by atoms with Crippen molar-refractivity contribution >= 4 is 11.9 Å². The van der Waals surface area contributed by atoms with E-state index in [1.807, 2.05) is 0 Å². The molecule has 0 fully saturated rings. The van der Waals surface area contributed by atoms with Crippen molar-refractivity contribution < 1.29 is 19.8 Å². The van der Waals surface area contributed by atoms with E-state index in [1.54, 1.807) is 0 Å². The van der Waals surface area contributed by atoms with Crippen LogP contribution in [0.1, 0.15) is 27.4 Å². The number of aromatic nitrogens is 2. The number of carbonyl (C=O) groups is 2. The minimum Gasteiger partial charge on any atom is -0.476 e. The number of aryl methyl sites for hydroxylation is 1. The molecule has 1 aromatic heterocycles. The van der Waals surface area contributed by atoms with E-state index in [0.29, 0.717) is 6.42 Å². The van der Waals surface area contributed by atoms with Gasteiger partial charge in [0, 0.05) is 18.0 Å². The van der Waals surface area contributed by atoms with Crippen LogP contribution in [0.2, 0.25) is 0 Å². The molecule has 0 saturated carbocycles. The number of aromatic carboxylic acids is 2. The maximum absolute atomic E-state index is 10.9. The molecule has 0 aliphatic rings. The van der Waals surface area contributed by atoms with Gasteiger partial charge in [0.1, 0.15) is 0 Å². The second kappa shape index (κ2) is 5.52. The first-order chi connectivity index (χ1) is 8.07. The Bertz CT molecular complexity index is 488. The van der Waals surface area contributed by atoms with Crippen molar-refractivity contribution in [2.75, 3.05) is 6.54 Å². The summed E-state index contributed by atoms with van der Waals surface area (Å²) >= 11 is 0. The smallest absolute Gasteiger partial charge is 0.357 e. The summed E-state index contributed by atoms with van der Waals surface area (Å²) in [7, 11) is 0. The zero-order chi connectivity index (χ0) is 12.8. The van der Waals surface area contributed by atoms with Crippen LogP contribution in [0.5, 0.6) is 0 Å². The predicted molar refractivity (Wildman–Crippen MR) is 54.8 cm³/mol. The van der Waals surface area contributed by atoms with Crippen LogP contribution in [0.15, 0.2) is 11.4 Å². The molecule has 9 nitrogen and oxygen atoms in total. The Morgan fingerprint density at radius 1 is 1.47 bits per heavy atom. The van der Waals surface area contributed by atoms with Crippen LogP contribution in [0.25, 0.3) is 10.4 Å². The van der Waals surface area contributed by atoms with Gasteiger partial charge in [-0.05, 0) is 12.0 Å². The minimum absolute atomic E-state index is 0.205. The molecule has 1 heterocycles. The van der Waals surface area contributed by atoms with Crippen molar-refractivity contribution in [2.45, 2.75) is 13.0 Å². The molecular weight excluding hydrogens is 230 g/mol. The van der Waals surface area contributed by atoms with Gasteiger partial charge in [0.2, 0.25) is 0 Å². The summed E-state index contributed by atoms with van der Waals surface area (Å²) < 4.78 is 1.21. The lowest BCUT2D eigenvalue weighted by molar-refractivity contribution is 0.0640. The maximum atomic E-state index is 10.9. The summed E-state index contributed by atoms with van der Waals surface area (Å²) in [5.41, 5.74) is 7.18. The fourth-order valence-electron chi connectivity index (χ4n) is 1.29. The molecule has 9 heteroatoms. The van der Waals surface area contributed by atoms with Gasteiger partial charge in [-0.3, -0.25) is 0 Å². The molecule has 0 unspecified atom stereocenters. The number of rotatable bonds is 6. The van der Waals surface area contributed by atoms with E-state index in [9.17, 15) is 9.59 Å². The van der Waals surface area contributed by atoms with Crippen LogP contribution < -0.4 is 0 Å². The van der Waals surface area contributed by atoms with Crippen molar-refractivity contribution in [1.82, 2.24) is 9.55 Å². The molecule has 0 amide bonds. The molecule has 0 aromatic carbocycles.